The second-order valence-corrected chi connectivity index (χ2v) is 4.06. The normalized spacial score (nSPS) is 16.1. The smallest absolute Gasteiger partial charge is 0.157 e. The Labute approximate surface area is 93.9 Å². The summed E-state index contributed by atoms with van der Waals surface area (Å²) in [5.74, 6) is 0.206. The lowest BCUT2D eigenvalue weighted by molar-refractivity contribution is -0.115. The Morgan fingerprint density at radius 1 is 1.13 bits per heavy atom. The topological polar surface area (TPSA) is 29.1 Å². The van der Waals surface area contributed by atoms with E-state index in [1.807, 2.05) is 24.3 Å². The third kappa shape index (κ3) is 2.83. The summed E-state index contributed by atoms with van der Waals surface area (Å²) in [5.41, 5.74) is 1.97. The van der Waals surface area contributed by atoms with Gasteiger partial charge in [-0.2, -0.15) is 0 Å². The lowest BCUT2D eigenvalue weighted by atomic mass is 10.0. The van der Waals surface area contributed by atoms with Crippen LogP contribution in [-0.4, -0.2) is 5.78 Å². The lowest BCUT2D eigenvalue weighted by Crippen LogP contribution is -2.08. The molecule has 2 nitrogen and oxygen atoms in total. The third-order valence-electron chi connectivity index (χ3n) is 2.35. The van der Waals surface area contributed by atoms with Crippen molar-refractivity contribution in [1.82, 2.24) is 0 Å². The van der Waals surface area contributed by atoms with Gasteiger partial charge < -0.3 is 5.32 Å². The molecule has 0 amide bonds. The number of rotatable bonds is 2. The van der Waals surface area contributed by atoms with Gasteiger partial charge in [0.05, 0.1) is 0 Å². The van der Waals surface area contributed by atoms with Gasteiger partial charge in [0.15, 0.2) is 5.78 Å². The molecule has 78 valence electrons. The first-order valence-electron chi connectivity index (χ1n) is 5.00. The Bertz CT molecular complexity index is 395. The average molecular weight is 222 g/mol. The fraction of sp³-hybridized carbons (Fsp3) is 0.250. The summed E-state index contributed by atoms with van der Waals surface area (Å²) in [4.78, 5) is 11.2. The summed E-state index contributed by atoms with van der Waals surface area (Å²) >= 11 is 5.78. The number of ketones is 1. The standard InChI is InChI=1S/C12H12ClNO/c13-9-4-6-10(7-5-9)14-11-2-1-3-12(15)8-11/h4-8,14H,1-3H2. The molecular formula is C12H12ClNO. The Morgan fingerprint density at radius 2 is 1.87 bits per heavy atom. The van der Waals surface area contributed by atoms with Crippen LogP contribution < -0.4 is 5.32 Å². The van der Waals surface area contributed by atoms with Crippen molar-refractivity contribution in [2.75, 3.05) is 5.32 Å². The van der Waals surface area contributed by atoms with E-state index in [4.69, 9.17) is 11.6 Å². The number of allylic oxidation sites excluding steroid dienone is 2. The van der Waals surface area contributed by atoms with Crippen LogP contribution in [0.1, 0.15) is 19.3 Å². The SMILES string of the molecule is O=C1C=C(Nc2ccc(Cl)cc2)CCC1. The van der Waals surface area contributed by atoms with Gasteiger partial charge in [0.25, 0.3) is 0 Å². The van der Waals surface area contributed by atoms with Crippen LogP contribution in [0, 0.1) is 0 Å². The van der Waals surface area contributed by atoms with Gasteiger partial charge in [0.2, 0.25) is 0 Å². The van der Waals surface area contributed by atoms with Gasteiger partial charge in [-0.1, -0.05) is 11.6 Å². The molecule has 0 aliphatic heterocycles. The van der Waals surface area contributed by atoms with Crippen LogP contribution in [0.2, 0.25) is 5.02 Å². The first-order valence-corrected chi connectivity index (χ1v) is 5.38. The van der Waals surface area contributed by atoms with Gasteiger partial charge in [0.1, 0.15) is 0 Å². The minimum Gasteiger partial charge on any atom is -0.359 e. The maximum absolute atomic E-state index is 11.2. The molecule has 0 saturated heterocycles. The minimum absolute atomic E-state index is 0.206. The molecule has 1 aliphatic rings. The van der Waals surface area contributed by atoms with Crippen molar-refractivity contribution >= 4 is 23.1 Å². The van der Waals surface area contributed by atoms with Crippen LogP contribution >= 0.6 is 11.6 Å². The fourth-order valence-electron chi connectivity index (χ4n) is 1.61. The van der Waals surface area contributed by atoms with Crippen LogP contribution in [0.3, 0.4) is 0 Å². The summed E-state index contributed by atoms with van der Waals surface area (Å²) < 4.78 is 0. The monoisotopic (exact) mass is 221 g/mol. The quantitative estimate of drug-likeness (QED) is 0.830. The molecule has 0 heterocycles. The zero-order valence-electron chi connectivity index (χ0n) is 8.29. The highest BCUT2D eigenvalue weighted by molar-refractivity contribution is 6.30. The van der Waals surface area contributed by atoms with Crippen LogP contribution in [0.4, 0.5) is 5.69 Å². The number of nitrogens with one attached hydrogen (secondary N) is 1. The van der Waals surface area contributed by atoms with Crippen molar-refractivity contribution in [3.8, 4) is 0 Å². The van der Waals surface area contributed by atoms with Crippen molar-refractivity contribution in [2.45, 2.75) is 19.3 Å². The third-order valence-corrected chi connectivity index (χ3v) is 2.61. The molecule has 0 radical (unpaired) electrons. The molecule has 15 heavy (non-hydrogen) atoms. The Hall–Kier alpha value is -1.28. The number of hydrogen-bond acceptors (Lipinski definition) is 2. The summed E-state index contributed by atoms with van der Waals surface area (Å²) in [6.07, 6.45) is 4.24. The zero-order valence-corrected chi connectivity index (χ0v) is 9.05. The molecule has 0 fully saturated rings. The summed E-state index contributed by atoms with van der Waals surface area (Å²) in [7, 11) is 0. The molecule has 2 rings (SSSR count). The van der Waals surface area contributed by atoms with Gasteiger partial charge in [-0.25, -0.2) is 0 Å². The summed E-state index contributed by atoms with van der Waals surface area (Å²) in [6.45, 7) is 0. The van der Waals surface area contributed by atoms with Crippen LogP contribution in [0.15, 0.2) is 36.0 Å². The number of benzene rings is 1. The van der Waals surface area contributed by atoms with Crippen LogP contribution in [-0.2, 0) is 4.79 Å². The first-order chi connectivity index (χ1) is 7.24. The largest absolute Gasteiger partial charge is 0.359 e. The number of carbonyl (C=O) groups is 1. The highest BCUT2D eigenvalue weighted by Crippen LogP contribution is 2.20. The predicted molar refractivity (Wildman–Crippen MR) is 62.0 cm³/mol. The summed E-state index contributed by atoms with van der Waals surface area (Å²) in [6, 6.07) is 7.47. The van der Waals surface area contributed by atoms with Crippen molar-refractivity contribution in [1.29, 1.82) is 0 Å². The lowest BCUT2D eigenvalue weighted by Gasteiger charge is -2.14. The second-order valence-electron chi connectivity index (χ2n) is 3.62. The van der Waals surface area contributed by atoms with E-state index in [-0.39, 0.29) is 5.78 Å². The predicted octanol–water partition coefficient (Wildman–Crippen LogP) is 3.39. The second kappa shape index (κ2) is 4.49. The minimum atomic E-state index is 0.206. The molecule has 1 aromatic rings. The Morgan fingerprint density at radius 3 is 2.53 bits per heavy atom. The molecular weight excluding hydrogens is 210 g/mol. The van der Waals surface area contributed by atoms with Gasteiger partial charge in [-0.05, 0) is 37.1 Å². The highest BCUT2D eigenvalue weighted by Gasteiger charge is 2.09. The van der Waals surface area contributed by atoms with Gasteiger partial charge >= 0.3 is 0 Å². The van der Waals surface area contributed by atoms with Gasteiger partial charge in [-0.15, -0.1) is 0 Å². The number of anilines is 1. The molecule has 0 saturated carbocycles. The van der Waals surface area contributed by atoms with E-state index >= 15 is 0 Å². The maximum atomic E-state index is 11.2. The molecule has 1 aromatic carbocycles. The molecule has 0 atom stereocenters. The van der Waals surface area contributed by atoms with Crippen LogP contribution in [0.25, 0.3) is 0 Å². The van der Waals surface area contributed by atoms with E-state index in [1.54, 1.807) is 6.08 Å². The molecule has 0 unspecified atom stereocenters. The van der Waals surface area contributed by atoms with Crippen molar-refractivity contribution in [3.63, 3.8) is 0 Å². The van der Waals surface area contributed by atoms with Crippen molar-refractivity contribution in [2.24, 2.45) is 0 Å². The van der Waals surface area contributed by atoms with Crippen molar-refractivity contribution in [3.05, 3.63) is 41.1 Å². The Kier molecular flexibility index (Phi) is 3.07. The molecule has 1 aliphatic carbocycles. The number of hydrogen-bond donors (Lipinski definition) is 1. The Balaban J connectivity index is 2.08. The molecule has 1 N–H and O–H groups in total. The van der Waals surface area contributed by atoms with E-state index in [2.05, 4.69) is 5.32 Å². The van der Waals surface area contributed by atoms with Gasteiger partial charge in [-0.3, -0.25) is 4.79 Å². The van der Waals surface area contributed by atoms with Gasteiger partial charge in [0, 0.05) is 28.9 Å². The van der Waals surface area contributed by atoms with Crippen molar-refractivity contribution < 1.29 is 4.79 Å². The molecule has 3 heteroatoms. The van der Waals surface area contributed by atoms with E-state index in [0.717, 1.165) is 24.2 Å². The molecule has 0 spiro atoms. The number of halogens is 1. The van der Waals surface area contributed by atoms with Crippen LogP contribution in [0.5, 0.6) is 0 Å². The first kappa shape index (κ1) is 10.2. The molecule has 0 aromatic heterocycles. The maximum Gasteiger partial charge on any atom is 0.157 e. The highest BCUT2D eigenvalue weighted by atomic mass is 35.5. The summed E-state index contributed by atoms with van der Waals surface area (Å²) in [5, 5.41) is 3.94. The fourth-order valence-corrected chi connectivity index (χ4v) is 1.73. The van der Waals surface area contributed by atoms with E-state index in [0.29, 0.717) is 11.4 Å². The average Bonchev–Trinajstić information content (AvgIpc) is 2.22. The number of carbonyl (C=O) groups excluding carboxylic acids is 1. The zero-order chi connectivity index (χ0) is 10.7. The van der Waals surface area contributed by atoms with E-state index < -0.39 is 0 Å². The molecule has 0 bridgehead atoms. The van der Waals surface area contributed by atoms with E-state index in [1.165, 1.54) is 0 Å². The van der Waals surface area contributed by atoms with E-state index in [9.17, 15) is 4.79 Å².